The second kappa shape index (κ2) is 8.40. The quantitative estimate of drug-likeness (QED) is 0.415. The summed E-state index contributed by atoms with van der Waals surface area (Å²) in [6.07, 6.45) is 1.67. The van der Waals surface area contributed by atoms with Gasteiger partial charge in [0.05, 0.1) is 5.75 Å². The van der Waals surface area contributed by atoms with E-state index in [1.807, 2.05) is 11.4 Å². The molecule has 6 nitrogen and oxygen atoms in total. The summed E-state index contributed by atoms with van der Waals surface area (Å²) in [6.45, 7) is 3.33. The molecule has 0 unspecified atom stereocenters. The second-order valence-corrected chi connectivity index (χ2v) is 10.3. The Morgan fingerprint density at radius 2 is 1.84 bits per heavy atom. The molecule has 0 radical (unpaired) electrons. The fourth-order valence-corrected chi connectivity index (χ4v) is 4.86. The van der Waals surface area contributed by atoms with Crippen molar-refractivity contribution in [2.45, 2.75) is 13.8 Å². The molecule has 0 atom stereocenters. The van der Waals surface area contributed by atoms with E-state index < -0.39 is 15.8 Å². The summed E-state index contributed by atoms with van der Waals surface area (Å²) in [5, 5.41) is 2.53. The normalized spacial score (nSPS) is 11.6. The van der Waals surface area contributed by atoms with E-state index in [0.717, 1.165) is 5.56 Å². The van der Waals surface area contributed by atoms with Gasteiger partial charge in [0, 0.05) is 35.4 Å². The maximum absolute atomic E-state index is 14.5. The molecule has 0 saturated heterocycles. The number of hydrogen-bond donors (Lipinski definition) is 1. The van der Waals surface area contributed by atoms with Gasteiger partial charge in [-0.05, 0) is 61.2 Å². The molecule has 2 heterocycles. The van der Waals surface area contributed by atoms with Gasteiger partial charge in [-0.3, -0.25) is 9.52 Å². The zero-order valence-corrected chi connectivity index (χ0v) is 19.3. The van der Waals surface area contributed by atoms with Crippen LogP contribution in [0.25, 0.3) is 21.2 Å². The van der Waals surface area contributed by atoms with E-state index in [2.05, 4.69) is 4.72 Å². The van der Waals surface area contributed by atoms with Gasteiger partial charge in [-0.15, -0.1) is 11.3 Å². The van der Waals surface area contributed by atoms with E-state index in [0.29, 0.717) is 32.6 Å². The van der Waals surface area contributed by atoms with Crippen molar-refractivity contribution in [1.29, 1.82) is 0 Å². The molecule has 1 N–H and O–H groups in total. The van der Waals surface area contributed by atoms with Crippen LogP contribution in [0.15, 0.2) is 58.8 Å². The molecule has 2 aromatic carbocycles. The van der Waals surface area contributed by atoms with Crippen LogP contribution in [-0.4, -0.2) is 18.7 Å². The highest BCUT2D eigenvalue weighted by molar-refractivity contribution is 7.92. The molecule has 0 aliphatic heterocycles. The van der Waals surface area contributed by atoms with Gasteiger partial charge in [-0.1, -0.05) is 6.07 Å². The first-order chi connectivity index (χ1) is 15.2. The fraction of sp³-hybridized carbons (Fsp3) is 0.174. The van der Waals surface area contributed by atoms with Gasteiger partial charge in [-0.25, -0.2) is 12.8 Å². The topological polar surface area (TPSA) is 77.4 Å². The van der Waals surface area contributed by atoms with Gasteiger partial charge in [0.2, 0.25) is 10.0 Å². The van der Waals surface area contributed by atoms with Crippen LogP contribution < -0.4 is 15.0 Å². The number of ether oxygens (including phenoxy) is 1. The number of halogens is 1. The van der Waals surface area contributed by atoms with Gasteiger partial charge < -0.3 is 9.30 Å². The first-order valence-corrected chi connectivity index (χ1v) is 12.4. The molecule has 4 rings (SSSR count). The number of aryl methyl sites for hydroxylation is 2. The molecule has 0 spiro atoms. The van der Waals surface area contributed by atoms with Gasteiger partial charge in [0.1, 0.15) is 10.4 Å². The van der Waals surface area contributed by atoms with Gasteiger partial charge >= 0.3 is 0 Å². The molecule has 2 aromatic heterocycles. The molecule has 0 aliphatic rings. The molecule has 4 aromatic rings. The Balaban J connectivity index is 1.93. The molecule has 9 heteroatoms. The van der Waals surface area contributed by atoms with Crippen molar-refractivity contribution < 1.29 is 17.5 Å². The SMILES string of the molecule is CCS(=O)(=O)Nc1ccc(Oc2ccc(C)cc2F)c(-c2cn(C)c(=O)c3sccc23)c1. The lowest BCUT2D eigenvalue weighted by Crippen LogP contribution is -2.16. The summed E-state index contributed by atoms with van der Waals surface area (Å²) in [5.74, 6) is -0.208. The van der Waals surface area contributed by atoms with Crippen molar-refractivity contribution in [2.24, 2.45) is 7.05 Å². The molecule has 0 fully saturated rings. The summed E-state index contributed by atoms with van der Waals surface area (Å²) in [7, 11) is -1.86. The summed E-state index contributed by atoms with van der Waals surface area (Å²) >= 11 is 1.32. The number of hydrogen-bond acceptors (Lipinski definition) is 5. The van der Waals surface area contributed by atoms with E-state index in [4.69, 9.17) is 4.74 Å². The number of nitrogens with zero attached hydrogens (tertiary/aromatic N) is 1. The zero-order valence-electron chi connectivity index (χ0n) is 17.7. The van der Waals surface area contributed by atoms with E-state index in [-0.39, 0.29) is 17.1 Å². The molecule has 0 saturated carbocycles. The predicted octanol–water partition coefficient (Wildman–Crippen LogP) is 5.27. The highest BCUT2D eigenvalue weighted by atomic mass is 32.2. The largest absolute Gasteiger partial charge is 0.454 e. The Morgan fingerprint density at radius 1 is 1.09 bits per heavy atom. The number of anilines is 1. The molecule has 0 aliphatic carbocycles. The highest BCUT2D eigenvalue weighted by Gasteiger charge is 2.18. The number of benzene rings is 2. The van der Waals surface area contributed by atoms with Crippen LogP contribution in [0.4, 0.5) is 10.1 Å². The maximum Gasteiger partial charge on any atom is 0.268 e. The van der Waals surface area contributed by atoms with Crippen LogP contribution in [0, 0.1) is 12.7 Å². The molecule has 0 amide bonds. The van der Waals surface area contributed by atoms with Crippen molar-refractivity contribution in [3.8, 4) is 22.6 Å². The van der Waals surface area contributed by atoms with Crippen LogP contribution >= 0.6 is 11.3 Å². The van der Waals surface area contributed by atoms with Crippen LogP contribution in [0.5, 0.6) is 11.5 Å². The lowest BCUT2D eigenvalue weighted by molar-refractivity contribution is 0.443. The standard InChI is InChI=1S/C23H21FN2O4S2/c1-4-32(28,29)25-15-6-8-20(30-21-7-5-14(2)11-19(21)24)17(12-15)18-13-26(3)23(27)22-16(18)9-10-31-22/h5-13,25H,4H2,1-3H3. The monoisotopic (exact) mass is 472 g/mol. The van der Waals surface area contributed by atoms with Crippen LogP contribution in [0.1, 0.15) is 12.5 Å². The molecular weight excluding hydrogens is 451 g/mol. The van der Waals surface area contributed by atoms with Crippen molar-refractivity contribution in [1.82, 2.24) is 4.57 Å². The van der Waals surface area contributed by atoms with Gasteiger partial charge in [-0.2, -0.15) is 0 Å². The van der Waals surface area contributed by atoms with E-state index in [1.165, 1.54) is 22.0 Å². The predicted molar refractivity (Wildman–Crippen MR) is 127 cm³/mol. The van der Waals surface area contributed by atoms with Crippen LogP contribution in [-0.2, 0) is 17.1 Å². The Bertz CT molecular complexity index is 1490. The Hall–Kier alpha value is -3.17. The van der Waals surface area contributed by atoms with E-state index in [9.17, 15) is 17.6 Å². The lowest BCUT2D eigenvalue weighted by atomic mass is 10.0. The number of rotatable bonds is 6. The number of sulfonamides is 1. The molecular formula is C23H21FN2O4S2. The summed E-state index contributed by atoms with van der Waals surface area (Å²) in [4.78, 5) is 12.5. The summed E-state index contributed by atoms with van der Waals surface area (Å²) < 4.78 is 49.2. The third-order valence-corrected chi connectivity index (χ3v) is 7.23. The Labute approximate surface area is 189 Å². The summed E-state index contributed by atoms with van der Waals surface area (Å²) in [6, 6.07) is 11.3. The molecule has 0 bridgehead atoms. The van der Waals surface area contributed by atoms with Crippen molar-refractivity contribution in [3.05, 3.63) is 75.8 Å². The van der Waals surface area contributed by atoms with Crippen LogP contribution in [0.3, 0.4) is 0 Å². The number of pyridine rings is 1. The highest BCUT2D eigenvalue weighted by Crippen LogP contribution is 2.40. The number of nitrogens with one attached hydrogen (secondary N) is 1. The lowest BCUT2D eigenvalue weighted by Gasteiger charge is -2.16. The third-order valence-electron chi connectivity index (χ3n) is 5.02. The minimum absolute atomic E-state index is 0.0464. The minimum Gasteiger partial charge on any atom is -0.454 e. The van der Waals surface area contributed by atoms with Crippen LogP contribution in [0.2, 0.25) is 0 Å². The van der Waals surface area contributed by atoms with E-state index in [1.54, 1.807) is 57.4 Å². The first-order valence-electron chi connectivity index (χ1n) is 9.84. The van der Waals surface area contributed by atoms with E-state index >= 15 is 0 Å². The minimum atomic E-state index is -3.51. The van der Waals surface area contributed by atoms with Crippen molar-refractivity contribution >= 4 is 37.1 Å². The average Bonchev–Trinajstić information content (AvgIpc) is 3.24. The summed E-state index contributed by atoms with van der Waals surface area (Å²) in [5.41, 5.74) is 2.17. The maximum atomic E-state index is 14.5. The Morgan fingerprint density at radius 3 is 2.56 bits per heavy atom. The van der Waals surface area contributed by atoms with Gasteiger partial charge in [0.15, 0.2) is 11.6 Å². The zero-order chi connectivity index (χ0) is 23.0. The van der Waals surface area contributed by atoms with Crippen molar-refractivity contribution in [2.75, 3.05) is 10.5 Å². The smallest absolute Gasteiger partial charge is 0.268 e. The first kappa shape index (κ1) is 22.0. The molecule has 32 heavy (non-hydrogen) atoms. The third kappa shape index (κ3) is 4.26. The fourth-order valence-electron chi connectivity index (χ4n) is 3.34. The average molecular weight is 473 g/mol. The second-order valence-electron chi connectivity index (χ2n) is 7.37. The number of thiophene rings is 1. The molecule has 166 valence electrons. The van der Waals surface area contributed by atoms with Gasteiger partial charge in [0.25, 0.3) is 5.56 Å². The number of fused-ring (bicyclic) bond motifs is 1. The van der Waals surface area contributed by atoms with Crippen molar-refractivity contribution in [3.63, 3.8) is 0 Å². The number of aromatic nitrogens is 1. The Kier molecular flexibility index (Phi) is 5.79.